The molecule has 6 nitrogen and oxygen atoms in total. The molecule has 0 radical (unpaired) electrons. The van der Waals surface area contributed by atoms with Crippen LogP contribution < -0.4 is 0 Å². The lowest BCUT2D eigenvalue weighted by Gasteiger charge is -2.46. The Morgan fingerprint density at radius 2 is 1.14 bits per heavy atom. The van der Waals surface area contributed by atoms with Gasteiger partial charge in [-0.3, -0.25) is 0 Å². The van der Waals surface area contributed by atoms with Gasteiger partial charge >= 0.3 is 0 Å². The third kappa shape index (κ3) is 8.09. The first-order chi connectivity index (χ1) is 17.7. The first kappa shape index (κ1) is 31.4. The molecule has 208 valence electrons. The summed E-state index contributed by atoms with van der Waals surface area (Å²) in [5.41, 5.74) is -0.426. The second-order valence-electron chi connectivity index (χ2n) is 10.5. The fourth-order valence-electron chi connectivity index (χ4n) is 5.33. The van der Waals surface area contributed by atoms with Gasteiger partial charge in [-0.1, -0.05) is 88.6 Å². The minimum Gasteiger partial charge on any atom is -0.394 e. The molecule has 2 rings (SSSR count). The van der Waals surface area contributed by atoms with Crippen LogP contribution in [0.15, 0.2) is 48.5 Å². The van der Waals surface area contributed by atoms with Crippen LogP contribution in [-0.4, -0.2) is 66.8 Å². The average molecular weight is 517 g/mol. The summed E-state index contributed by atoms with van der Waals surface area (Å²) in [5, 5.41) is 66.7. The maximum atomic E-state index is 12.0. The molecule has 0 amide bonds. The second-order valence-corrected chi connectivity index (χ2v) is 10.5. The Kier molecular flexibility index (Phi) is 12.7. The first-order valence-electron chi connectivity index (χ1n) is 13.9. The second kappa shape index (κ2) is 15.0. The number of benzene rings is 2. The van der Waals surface area contributed by atoms with E-state index in [1.54, 1.807) is 0 Å². The molecule has 1 unspecified atom stereocenters. The summed E-state index contributed by atoms with van der Waals surface area (Å²) in [6.45, 7) is 5.30. The lowest BCUT2D eigenvalue weighted by Crippen LogP contribution is -2.66. The van der Waals surface area contributed by atoms with Gasteiger partial charge < -0.3 is 30.6 Å². The van der Waals surface area contributed by atoms with Crippen molar-refractivity contribution in [3.8, 4) is 0 Å². The van der Waals surface area contributed by atoms with E-state index in [1.807, 2.05) is 55.5 Å². The summed E-state index contributed by atoms with van der Waals surface area (Å²) in [4.78, 5) is 0. The van der Waals surface area contributed by atoms with E-state index < -0.39 is 36.1 Å². The van der Waals surface area contributed by atoms with Gasteiger partial charge in [-0.2, -0.15) is 0 Å². The molecule has 6 heteroatoms. The number of rotatable bonds is 17. The van der Waals surface area contributed by atoms with Gasteiger partial charge in [-0.15, -0.1) is 0 Å². The quantitative estimate of drug-likeness (QED) is 0.191. The normalized spacial score (nSPS) is 17.5. The van der Waals surface area contributed by atoms with Crippen molar-refractivity contribution < 1.29 is 30.6 Å². The Bertz CT molecular complexity index is 933. The van der Waals surface area contributed by atoms with E-state index in [9.17, 15) is 30.6 Å². The fourth-order valence-corrected chi connectivity index (χ4v) is 5.33. The maximum absolute atomic E-state index is 12.0. The molecule has 0 aliphatic rings. The topological polar surface area (TPSA) is 121 Å². The number of aliphatic hydroxyl groups is 6. The van der Waals surface area contributed by atoms with Crippen LogP contribution in [0, 0.1) is 0 Å². The van der Waals surface area contributed by atoms with Crippen molar-refractivity contribution >= 4 is 0 Å². The molecule has 0 heterocycles. The van der Waals surface area contributed by atoms with E-state index in [0.29, 0.717) is 6.42 Å². The number of aryl methyl sites for hydroxylation is 2. The van der Waals surface area contributed by atoms with Gasteiger partial charge in [-0.05, 0) is 54.4 Å². The molecule has 0 aromatic heterocycles. The summed E-state index contributed by atoms with van der Waals surface area (Å²) in [7, 11) is 0. The SMILES string of the molecule is CCCCc1ccccc1CC(O)(CCC)[C@@H](O)[C@@](O)(Cc1ccccc1CCCC)[C@H](O)[C@@H](O)CO. The average Bonchev–Trinajstić information content (AvgIpc) is 2.90. The Morgan fingerprint density at radius 1 is 0.676 bits per heavy atom. The first-order valence-corrected chi connectivity index (χ1v) is 13.9. The van der Waals surface area contributed by atoms with Crippen molar-refractivity contribution in [1.29, 1.82) is 0 Å². The molecule has 0 fully saturated rings. The minimum absolute atomic E-state index is 0.0869. The molecule has 0 saturated carbocycles. The molecular weight excluding hydrogens is 468 g/mol. The lowest BCUT2D eigenvalue weighted by molar-refractivity contribution is -0.230. The highest BCUT2D eigenvalue weighted by Gasteiger charge is 2.54. The predicted octanol–water partition coefficient (Wildman–Crippen LogP) is 3.49. The number of hydrogen-bond acceptors (Lipinski definition) is 6. The Balaban J connectivity index is 2.54. The highest BCUT2D eigenvalue weighted by Crippen LogP contribution is 2.36. The van der Waals surface area contributed by atoms with Gasteiger partial charge in [0, 0.05) is 12.8 Å². The molecule has 0 aliphatic heterocycles. The van der Waals surface area contributed by atoms with E-state index in [0.717, 1.165) is 60.8 Å². The van der Waals surface area contributed by atoms with Crippen LogP contribution in [0.25, 0.3) is 0 Å². The lowest BCUT2D eigenvalue weighted by atomic mass is 9.70. The number of hydrogen-bond donors (Lipinski definition) is 6. The highest BCUT2D eigenvalue weighted by atomic mass is 16.4. The van der Waals surface area contributed by atoms with Crippen LogP contribution in [0.2, 0.25) is 0 Å². The van der Waals surface area contributed by atoms with Crippen molar-refractivity contribution in [3.63, 3.8) is 0 Å². The van der Waals surface area contributed by atoms with E-state index in [2.05, 4.69) is 13.8 Å². The summed E-state index contributed by atoms with van der Waals surface area (Å²) >= 11 is 0. The fraction of sp³-hybridized carbons (Fsp3) is 0.613. The van der Waals surface area contributed by atoms with Crippen molar-refractivity contribution in [3.05, 3.63) is 70.8 Å². The van der Waals surface area contributed by atoms with Gasteiger partial charge in [0.05, 0.1) is 12.2 Å². The molecule has 5 atom stereocenters. The third-order valence-corrected chi connectivity index (χ3v) is 7.54. The largest absolute Gasteiger partial charge is 0.394 e. The Labute approximate surface area is 222 Å². The minimum atomic E-state index is -2.31. The molecule has 0 bridgehead atoms. The highest BCUT2D eigenvalue weighted by molar-refractivity contribution is 5.32. The van der Waals surface area contributed by atoms with Crippen LogP contribution in [0.4, 0.5) is 0 Å². The zero-order chi connectivity index (χ0) is 27.5. The standard InChI is InChI=1S/C31H48O6/c1-4-7-13-23-15-9-11-17-25(23)20-30(36,19-6-3)29(35)31(37,28(34)27(33)22-32)21-26-18-12-10-16-24(26)14-8-5-2/h9-12,15-18,27-29,32-37H,4-8,13-14,19-22H2,1-3H3/t27-,28+,29+,30?,31+/m0/s1. The van der Waals surface area contributed by atoms with Crippen LogP contribution in [0.1, 0.15) is 81.5 Å². The van der Waals surface area contributed by atoms with Gasteiger partial charge in [0.2, 0.25) is 0 Å². The monoisotopic (exact) mass is 516 g/mol. The Morgan fingerprint density at radius 3 is 1.57 bits per heavy atom. The smallest absolute Gasteiger partial charge is 0.126 e. The Hall–Kier alpha value is -1.80. The van der Waals surface area contributed by atoms with Gasteiger partial charge in [0.1, 0.15) is 23.9 Å². The molecule has 2 aromatic rings. The maximum Gasteiger partial charge on any atom is 0.126 e. The summed E-state index contributed by atoms with van der Waals surface area (Å²) < 4.78 is 0. The van der Waals surface area contributed by atoms with Crippen LogP contribution in [0.3, 0.4) is 0 Å². The number of unbranched alkanes of at least 4 members (excludes halogenated alkanes) is 2. The summed E-state index contributed by atoms with van der Waals surface area (Å²) in [6, 6.07) is 15.3. The van der Waals surface area contributed by atoms with Gasteiger partial charge in [0.25, 0.3) is 0 Å². The molecular formula is C31H48O6. The van der Waals surface area contributed by atoms with Gasteiger partial charge in [0.15, 0.2) is 0 Å². The zero-order valence-electron chi connectivity index (χ0n) is 22.8. The van der Waals surface area contributed by atoms with Crippen molar-refractivity contribution in [2.24, 2.45) is 0 Å². The van der Waals surface area contributed by atoms with Crippen molar-refractivity contribution in [2.45, 2.75) is 114 Å². The molecule has 6 N–H and O–H groups in total. The van der Waals surface area contributed by atoms with Crippen LogP contribution in [-0.2, 0) is 25.7 Å². The van der Waals surface area contributed by atoms with Crippen LogP contribution >= 0.6 is 0 Å². The third-order valence-electron chi connectivity index (χ3n) is 7.54. The van der Waals surface area contributed by atoms with E-state index in [1.165, 1.54) is 0 Å². The van der Waals surface area contributed by atoms with Crippen LogP contribution in [0.5, 0.6) is 0 Å². The summed E-state index contributed by atoms with van der Waals surface area (Å²) in [5.74, 6) is 0. The number of aliphatic hydroxyl groups excluding tert-OH is 4. The van der Waals surface area contributed by atoms with E-state index >= 15 is 0 Å². The van der Waals surface area contributed by atoms with Crippen molar-refractivity contribution in [2.75, 3.05) is 6.61 Å². The summed E-state index contributed by atoms with van der Waals surface area (Å²) in [6.07, 6.45) is 0.793. The van der Waals surface area contributed by atoms with E-state index in [-0.39, 0.29) is 19.3 Å². The van der Waals surface area contributed by atoms with E-state index in [4.69, 9.17) is 0 Å². The molecule has 0 aliphatic carbocycles. The van der Waals surface area contributed by atoms with Gasteiger partial charge in [-0.25, -0.2) is 0 Å². The van der Waals surface area contributed by atoms with Crippen molar-refractivity contribution in [1.82, 2.24) is 0 Å². The molecule has 37 heavy (non-hydrogen) atoms. The molecule has 0 saturated heterocycles. The molecule has 2 aromatic carbocycles. The molecule has 0 spiro atoms. The predicted molar refractivity (Wildman–Crippen MR) is 147 cm³/mol. The zero-order valence-corrected chi connectivity index (χ0v) is 22.8.